The Bertz CT molecular complexity index is 1110. The third kappa shape index (κ3) is 6.14. The van der Waals surface area contributed by atoms with Gasteiger partial charge in [0.2, 0.25) is 0 Å². The number of hydrogen-bond donors (Lipinski definition) is 0. The maximum atomic E-state index is 13.7. The first-order valence-electron chi connectivity index (χ1n) is 12.1. The van der Waals surface area contributed by atoms with Crippen LogP contribution in [0, 0.1) is 7.14 Å². The van der Waals surface area contributed by atoms with Crippen LogP contribution in [-0.4, -0.2) is 62.0 Å². The predicted molar refractivity (Wildman–Crippen MR) is 154 cm³/mol. The van der Waals surface area contributed by atoms with E-state index < -0.39 is 0 Å². The summed E-state index contributed by atoms with van der Waals surface area (Å²) in [5, 5.41) is 0.896. The van der Waals surface area contributed by atoms with Gasteiger partial charge in [0.05, 0.1) is 19.3 Å². The molecule has 0 N–H and O–H groups in total. The number of ketones is 1. The number of benzene rings is 2. The minimum absolute atomic E-state index is 0.0218. The Morgan fingerprint density at radius 3 is 2.47 bits per heavy atom. The number of ether oxygens (including phenoxy) is 1. The molecule has 0 spiro atoms. The van der Waals surface area contributed by atoms with Gasteiger partial charge in [-0.25, -0.2) is 0 Å². The van der Waals surface area contributed by atoms with Crippen molar-refractivity contribution in [3.8, 4) is 5.75 Å². The van der Waals surface area contributed by atoms with Crippen LogP contribution in [0.4, 0.5) is 0 Å². The van der Waals surface area contributed by atoms with Gasteiger partial charge in [-0.05, 0) is 83.3 Å². The summed E-state index contributed by atoms with van der Waals surface area (Å²) in [7, 11) is 2.18. The molecule has 3 aromatic rings. The number of para-hydroxylation sites is 1. The van der Waals surface area contributed by atoms with Gasteiger partial charge < -0.3 is 19.0 Å². The second-order valence-electron chi connectivity index (χ2n) is 8.95. The van der Waals surface area contributed by atoms with Crippen molar-refractivity contribution >= 4 is 61.9 Å². The lowest BCUT2D eigenvalue weighted by Gasteiger charge is -2.32. The molecule has 5 nitrogen and oxygen atoms in total. The maximum Gasteiger partial charge on any atom is 0.197 e. The van der Waals surface area contributed by atoms with E-state index in [1.165, 1.54) is 0 Å². The van der Waals surface area contributed by atoms with Crippen molar-refractivity contribution in [1.82, 2.24) is 9.80 Å². The number of carbonyl (C=O) groups is 1. The average Bonchev–Trinajstić information content (AvgIpc) is 3.20. The Balaban J connectivity index is 1.47. The SMILES string of the molecule is CCCCc1oc2ccccc2c1C(=O)c1cc(I)c(OCCCN2CCN(C)CC2)c(I)c1. The fourth-order valence-corrected chi connectivity index (χ4v) is 6.45. The Hall–Kier alpha value is -1.17. The third-order valence-corrected chi connectivity index (χ3v) is 7.98. The van der Waals surface area contributed by atoms with Gasteiger partial charge in [0.25, 0.3) is 0 Å². The van der Waals surface area contributed by atoms with E-state index in [1.807, 2.05) is 36.4 Å². The molecule has 182 valence electrons. The van der Waals surface area contributed by atoms with Crippen molar-refractivity contribution in [1.29, 1.82) is 0 Å². The predicted octanol–water partition coefficient (Wildman–Crippen LogP) is 6.23. The van der Waals surface area contributed by atoms with Crippen molar-refractivity contribution < 1.29 is 13.9 Å². The molecule has 4 rings (SSSR count). The van der Waals surface area contributed by atoms with Crippen LogP contribution in [0.3, 0.4) is 0 Å². The second-order valence-corrected chi connectivity index (χ2v) is 11.3. The molecule has 1 saturated heterocycles. The summed E-state index contributed by atoms with van der Waals surface area (Å²) in [5.41, 5.74) is 2.17. The topological polar surface area (TPSA) is 45.9 Å². The van der Waals surface area contributed by atoms with Gasteiger partial charge in [-0.15, -0.1) is 0 Å². The number of aryl methyl sites for hydroxylation is 1. The highest BCUT2D eigenvalue weighted by atomic mass is 127. The van der Waals surface area contributed by atoms with E-state index in [9.17, 15) is 4.79 Å². The molecular formula is C27H32I2N2O3. The molecule has 0 unspecified atom stereocenters. The van der Waals surface area contributed by atoms with E-state index >= 15 is 0 Å². The molecule has 2 heterocycles. The quantitative estimate of drug-likeness (QED) is 0.144. The number of furan rings is 1. The molecule has 1 fully saturated rings. The summed E-state index contributed by atoms with van der Waals surface area (Å²) < 4.78 is 14.2. The van der Waals surface area contributed by atoms with Crippen LogP contribution < -0.4 is 4.74 Å². The molecule has 2 aromatic carbocycles. The zero-order valence-electron chi connectivity index (χ0n) is 19.9. The molecule has 0 aliphatic carbocycles. The number of carbonyl (C=O) groups excluding carboxylic acids is 1. The number of halogens is 2. The lowest BCUT2D eigenvalue weighted by molar-refractivity contribution is 0.103. The number of rotatable bonds is 10. The van der Waals surface area contributed by atoms with Crippen LogP contribution in [-0.2, 0) is 6.42 Å². The normalized spacial score (nSPS) is 15.2. The van der Waals surface area contributed by atoms with Crippen molar-refractivity contribution in [3.05, 3.63) is 60.4 Å². The Morgan fingerprint density at radius 2 is 1.76 bits per heavy atom. The number of likely N-dealkylation sites (N-methyl/N-ethyl adjacent to an activating group) is 1. The first-order chi connectivity index (χ1) is 16.5. The summed E-state index contributed by atoms with van der Waals surface area (Å²) in [6, 6.07) is 11.7. The van der Waals surface area contributed by atoms with E-state index in [4.69, 9.17) is 9.15 Å². The Kier molecular flexibility index (Phi) is 9.28. The largest absolute Gasteiger partial charge is 0.491 e. The molecule has 1 aliphatic rings. The molecule has 0 amide bonds. The van der Waals surface area contributed by atoms with Gasteiger partial charge >= 0.3 is 0 Å². The number of piperazine rings is 1. The van der Waals surface area contributed by atoms with Crippen LogP contribution in [0.15, 0.2) is 40.8 Å². The minimum Gasteiger partial charge on any atom is -0.491 e. The van der Waals surface area contributed by atoms with E-state index in [0.717, 1.165) is 88.0 Å². The van der Waals surface area contributed by atoms with Crippen LogP contribution in [0.25, 0.3) is 11.0 Å². The first-order valence-corrected chi connectivity index (χ1v) is 14.2. The van der Waals surface area contributed by atoms with E-state index in [0.29, 0.717) is 17.7 Å². The zero-order valence-corrected chi connectivity index (χ0v) is 24.2. The van der Waals surface area contributed by atoms with Crippen LogP contribution in [0.1, 0.15) is 47.9 Å². The highest BCUT2D eigenvalue weighted by molar-refractivity contribution is 14.1. The number of fused-ring (bicyclic) bond motifs is 1. The van der Waals surface area contributed by atoms with Gasteiger partial charge in [0.15, 0.2) is 5.78 Å². The molecule has 0 saturated carbocycles. The second kappa shape index (κ2) is 12.2. The van der Waals surface area contributed by atoms with Crippen molar-refractivity contribution in [2.24, 2.45) is 0 Å². The maximum absolute atomic E-state index is 13.7. The summed E-state index contributed by atoms with van der Waals surface area (Å²) >= 11 is 4.58. The monoisotopic (exact) mass is 686 g/mol. The summed E-state index contributed by atoms with van der Waals surface area (Å²) in [5.74, 6) is 1.69. The smallest absolute Gasteiger partial charge is 0.197 e. The lowest BCUT2D eigenvalue weighted by Crippen LogP contribution is -2.44. The number of hydrogen-bond acceptors (Lipinski definition) is 5. The molecule has 34 heavy (non-hydrogen) atoms. The number of nitrogens with zero attached hydrogens (tertiary/aromatic N) is 2. The molecule has 1 aromatic heterocycles. The Morgan fingerprint density at radius 1 is 1.06 bits per heavy atom. The first kappa shape index (κ1) is 25.9. The summed E-state index contributed by atoms with van der Waals surface area (Å²) in [6.07, 6.45) is 3.82. The summed E-state index contributed by atoms with van der Waals surface area (Å²) in [6.45, 7) is 8.43. The van der Waals surface area contributed by atoms with Gasteiger partial charge in [0, 0.05) is 50.1 Å². The standard InChI is InChI=1S/C27H32I2N2O3/c1-3-4-9-24-25(20-8-5-6-10-23(20)34-24)26(32)19-17-21(28)27(22(29)18-19)33-16-7-11-31-14-12-30(2)13-15-31/h5-6,8,10,17-18H,3-4,7,9,11-16H2,1-2H3. The fraction of sp³-hybridized carbons (Fsp3) is 0.444. The fourth-order valence-electron chi connectivity index (χ4n) is 4.37. The molecule has 0 atom stereocenters. The molecule has 1 aliphatic heterocycles. The molecule has 0 bridgehead atoms. The van der Waals surface area contributed by atoms with Crippen LogP contribution in [0.2, 0.25) is 0 Å². The van der Waals surface area contributed by atoms with Crippen molar-refractivity contribution in [2.75, 3.05) is 46.4 Å². The minimum atomic E-state index is 0.0218. The third-order valence-electron chi connectivity index (χ3n) is 6.37. The zero-order chi connectivity index (χ0) is 24.1. The van der Waals surface area contributed by atoms with Crippen LogP contribution in [0.5, 0.6) is 5.75 Å². The van der Waals surface area contributed by atoms with Crippen LogP contribution >= 0.6 is 45.2 Å². The number of unbranched alkanes of at least 4 members (excludes halogenated alkanes) is 1. The summed E-state index contributed by atoms with van der Waals surface area (Å²) in [4.78, 5) is 18.5. The van der Waals surface area contributed by atoms with E-state index in [1.54, 1.807) is 0 Å². The molecule has 7 heteroatoms. The Labute approximate surface area is 229 Å². The van der Waals surface area contributed by atoms with Crippen molar-refractivity contribution in [2.45, 2.75) is 32.6 Å². The lowest BCUT2D eigenvalue weighted by atomic mass is 9.98. The van der Waals surface area contributed by atoms with E-state index in [-0.39, 0.29) is 5.78 Å². The van der Waals surface area contributed by atoms with Gasteiger partial charge in [0.1, 0.15) is 17.1 Å². The average molecular weight is 686 g/mol. The van der Waals surface area contributed by atoms with Gasteiger partial charge in [-0.1, -0.05) is 31.5 Å². The molecule has 0 radical (unpaired) electrons. The highest BCUT2D eigenvalue weighted by Crippen LogP contribution is 2.33. The highest BCUT2D eigenvalue weighted by Gasteiger charge is 2.23. The van der Waals surface area contributed by atoms with Crippen molar-refractivity contribution in [3.63, 3.8) is 0 Å². The van der Waals surface area contributed by atoms with Gasteiger partial charge in [-0.3, -0.25) is 4.79 Å². The van der Waals surface area contributed by atoms with E-state index in [2.05, 4.69) is 69.0 Å². The molecular weight excluding hydrogens is 654 g/mol. The van der Waals surface area contributed by atoms with Gasteiger partial charge in [-0.2, -0.15) is 0 Å².